The van der Waals surface area contributed by atoms with Crippen LogP contribution >= 0.6 is 0 Å². The summed E-state index contributed by atoms with van der Waals surface area (Å²) >= 11 is 0. The second-order valence-electron chi connectivity index (χ2n) is 6.49. The van der Waals surface area contributed by atoms with E-state index in [4.69, 9.17) is 4.74 Å². The van der Waals surface area contributed by atoms with Crippen molar-refractivity contribution in [1.82, 2.24) is 14.7 Å². The molecular formula is C19H23FN4O3. The molecule has 1 aliphatic heterocycles. The van der Waals surface area contributed by atoms with Crippen molar-refractivity contribution < 1.29 is 18.7 Å². The third kappa shape index (κ3) is 4.33. The number of nitrogens with zero attached hydrogens (tertiary/aromatic N) is 3. The van der Waals surface area contributed by atoms with Crippen molar-refractivity contribution in [2.45, 2.75) is 32.4 Å². The van der Waals surface area contributed by atoms with E-state index in [2.05, 4.69) is 10.4 Å². The van der Waals surface area contributed by atoms with Crippen LogP contribution in [0.2, 0.25) is 0 Å². The summed E-state index contributed by atoms with van der Waals surface area (Å²) in [6.07, 6.45) is 3.60. The van der Waals surface area contributed by atoms with Crippen molar-refractivity contribution in [3.8, 4) is 0 Å². The molecule has 0 aliphatic carbocycles. The molecule has 0 saturated heterocycles. The molecule has 1 aromatic heterocycles. The Morgan fingerprint density at radius 1 is 1.48 bits per heavy atom. The van der Waals surface area contributed by atoms with Crippen LogP contribution in [-0.4, -0.2) is 46.8 Å². The maximum absolute atomic E-state index is 13.8. The molecule has 2 aromatic rings. The number of hydrogen-bond acceptors (Lipinski definition) is 4. The van der Waals surface area contributed by atoms with Crippen molar-refractivity contribution >= 4 is 17.5 Å². The molecule has 8 heteroatoms. The molecule has 2 amide bonds. The highest BCUT2D eigenvalue weighted by molar-refractivity contribution is 6.01. The number of anilines is 1. The summed E-state index contributed by atoms with van der Waals surface area (Å²) in [5.41, 5.74) is 1.88. The predicted molar refractivity (Wildman–Crippen MR) is 97.6 cm³/mol. The van der Waals surface area contributed by atoms with Crippen LogP contribution in [0.3, 0.4) is 0 Å². The van der Waals surface area contributed by atoms with E-state index in [0.717, 1.165) is 12.1 Å². The Morgan fingerprint density at radius 3 is 3.00 bits per heavy atom. The first-order valence-corrected chi connectivity index (χ1v) is 8.90. The van der Waals surface area contributed by atoms with Crippen molar-refractivity contribution in [1.29, 1.82) is 0 Å². The zero-order chi connectivity index (χ0) is 19.4. The molecule has 1 aromatic carbocycles. The quantitative estimate of drug-likeness (QED) is 0.806. The van der Waals surface area contributed by atoms with Gasteiger partial charge in [0.05, 0.1) is 18.7 Å². The van der Waals surface area contributed by atoms with E-state index in [0.29, 0.717) is 30.9 Å². The van der Waals surface area contributed by atoms with Gasteiger partial charge in [0.1, 0.15) is 5.82 Å². The smallest absolute Gasteiger partial charge is 0.231 e. The van der Waals surface area contributed by atoms with Crippen molar-refractivity contribution in [2.24, 2.45) is 0 Å². The molecule has 144 valence electrons. The van der Waals surface area contributed by atoms with Gasteiger partial charge in [-0.15, -0.1) is 0 Å². The number of hydrogen-bond donors (Lipinski definition) is 1. The van der Waals surface area contributed by atoms with Crippen LogP contribution < -0.4 is 5.32 Å². The summed E-state index contributed by atoms with van der Waals surface area (Å²) in [6, 6.07) is 4.08. The number of carbonyl (C=O) groups excluding carboxylic acids is 2. The van der Waals surface area contributed by atoms with Crippen LogP contribution in [-0.2, 0) is 27.4 Å². The minimum Gasteiger partial charge on any atom is -0.383 e. The number of benzene rings is 1. The molecule has 1 atom stereocenters. The van der Waals surface area contributed by atoms with E-state index in [1.165, 1.54) is 18.2 Å². The zero-order valence-corrected chi connectivity index (χ0v) is 15.4. The van der Waals surface area contributed by atoms with E-state index in [1.807, 2.05) is 13.1 Å². The van der Waals surface area contributed by atoms with Gasteiger partial charge < -0.3 is 15.0 Å². The predicted octanol–water partition coefficient (Wildman–Crippen LogP) is 2.14. The number of aryl methyl sites for hydroxylation is 1. The van der Waals surface area contributed by atoms with Crippen LogP contribution in [0.4, 0.5) is 10.1 Å². The average molecular weight is 374 g/mol. The largest absolute Gasteiger partial charge is 0.383 e. The lowest BCUT2D eigenvalue weighted by Gasteiger charge is -2.30. The summed E-state index contributed by atoms with van der Waals surface area (Å²) < 4.78 is 20.7. The zero-order valence-electron chi connectivity index (χ0n) is 15.4. The number of methoxy groups -OCH3 is 1. The Hall–Kier alpha value is -2.74. The maximum Gasteiger partial charge on any atom is 0.231 e. The molecule has 0 unspecified atom stereocenters. The van der Waals surface area contributed by atoms with E-state index in [1.54, 1.807) is 22.9 Å². The molecule has 0 spiro atoms. The molecule has 0 fully saturated rings. The number of amides is 2. The van der Waals surface area contributed by atoms with Crippen molar-refractivity contribution in [3.05, 3.63) is 47.5 Å². The monoisotopic (exact) mass is 374 g/mol. The molecule has 1 N–H and O–H groups in total. The van der Waals surface area contributed by atoms with Gasteiger partial charge in [-0.25, -0.2) is 4.39 Å². The summed E-state index contributed by atoms with van der Waals surface area (Å²) in [4.78, 5) is 26.9. The van der Waals surface area contributed by atoms with Gasteiger partial charge in [0.15, 0.2) is 0 Å². The lowest BCUT2D eigenvalue weighted by Crippen LogP contribution is -2.40. The third-order valence-corrected chi connectivity index (χ3v) is 4.61. The van der Waals surface area contributed by atoms with Gasteiger partial charge in [0.25, 0.3) is 0 Å². The highest BCUT2D eigenvalue weighted by atomic mass is 19.1. The second-order valence-corrected chi connectivity index (χ2v) is 6.49. The molecular weight excluding hydrogens is 351 g/mol. The molecule has 3 rings (SSSR count). The molecule has 27 heavy (non-hydrogen) atoms. The van der Waals surface area contributed by atoms with Gasteiger partial charge in [-0.05, 0) is 30.7 Å². The SMILES string of the molecule is CCn1cc(CN(CCOC)C(=O)[C@H]2CC(=O)Nc3ccc(F)cc32)cn1. The number of rotatable bonds is 7. The van der Waals surface area contributed by atoms with E-state index in [9.17, 15) is 14.0 Å². The number of halogens is 1. The molecule has 2 heterocycles. The normalized spacial score (nSPS) is 16.0. The van der Waals surface area contributed by atoms with E-state index < -0.39 is 11.7 Å². The number of fused-ring (bicyclic) bond motifs is 1. The van der Waals surface area contributed by atoms with Crippen LogP contribution in [0.1, 0.15) is 30.4 Å². The lowest BCUT2D eigenvalue weighted by atomic mass is 9.89. The minimum absolute atomic E-state index is 0.00695. The number of nitrogens with one attached hydrogen (secondary N) is 1. The Kier molecular flexibility index (Phi) is 5.85. The summed E-state index contributed by atoms with van der Waals surface area (Å²) in [5, 5.41) is 6.93. The Bertz CT molecular complexity index is 836. The Morgan fingerprint density at radius 2 is 2.30 bits per heavy atom. The second kappa shape index (κ2) is 8.30. The summed E-state index contributed by atoms with van der Waals surface area (Å²) in [6.45, 7) is 3.81. The fourth-order valence-electron chi connectivity index (χ4n) is 3.22. The highest BCUT2D eigenvalue weighted by Gasteiger charge is 2.34. The van der Waals surface area contributed by atoms with Crippen LogP contribution in [0, 0.1) is 5.82 Å². The lowest BCUT2D eigenvalue weighted by molar-refractivity contribution is -0.136. The highest BCUT2D eigenvalue weighted by Crippen LogP contribution is 2.34. The molecule has 0 saturated carbocycles. The minimum atomic E-state index is -0.720. The van der Waals surface area contributed by atoms with Crippen molar-refractivity contribution in [3.63, 3.8) is 0 Å². The summed E-state index contributed by atoms with van der Waals surface area (Å²) in [5.74, 6) is -1.63. The van der Waals surface area contributed by atoms with Crippen LogP contribution in [0.15, 0.2) is 30.6 Å². The first kappa shape index (κ1) is 19.0. The number of carbonyl (C=O) groups is 2. The van der Waals surface area contributed by atoms with Crippen LogP contribution in [0.25, 0.3) is 0 Å². The van der Waals surface area contributed by atoms with E-state index in [-0.39, 0.29) is 18.2 Å². The Balaban J connectivity index is 1.87. The van der Waals surface area contributed by atoms with Crippen molar-refractivity contribution in [2.75, 3.05) is 25.6 Å². The van der Waals surface area contributed by atoms with E-state index >= 15 is 0 Å². The Labute approximate surface area is 157 Å². The maximum atomic E-state index is 13.8. The van der Waals surface area contributed by atoms with Crippen LogP contribution in [0.5, 0.6) is 0 Å². The van der Waals surface area contributed by atoms with Gasteiger partial charge in [0, 0.05) is 50.6 Å². The number of aromatic nitrogens is 2. The van der Waals surface area contributed by atoms with Gasteiger partial charge in [-0.1, -0.05) is 0 Å². The van der Waals surface area contributed by atoms with Gasteiger partial charge >= 0.3 is 0 Å². The van der Waals surface area contributed by atoms with Gasteiger partial charge in [-0.2, -0.15) is 5.10 Å². The molecule has 7 nitrogen and oxygen atoms in total. The summed E-state index contributed by atoms with van der Waals surface area (Å²) in [7, 11) is 1.57. The standard InChI is InChI=1S/C19H23FN4O3/c1-3-24-12-13(10-21-24)11-23(6-7-27-2)19(26)16-9-18(25)22-17-5-4-14(20)8-15(16)17/h4-5,8,10,12,16H,3,6-7,9,11H2,1-2H3,(H,22,25)/t16-/m0/s1. The molecule has 1 aliphatic rings. The topological polar surface area (TPSA) is 76.5 Å². The fraction of sp³-hybridized carbons (Fsp3) is 0.421. The average Bonchev–Trinajstić information content (AvgIpc) is 3.12. The first-order chi connectivity index (χ1) is 13.0. The van der Waals surface area contributed by atoms with Gasteiger partial charge in [-0.3, -0.25) is 14.3 Å². The first-order valence-electron chi connectivity index (χ1n) is 8.90. The van der Waals surface area contributed by atoms with Gasteiger partial charge in [0.2, 0.25) is 11.8 Å². The fourth-order valence-corrected chi connectivity index (χ4v) is 3.22. The third-order valence-electron chi connectivity index (χ3n) is 4.61. The molecule has 0 bridgehead atoms. The molecule has 0 radical (unpaired) electrons. The number of ether oxygens (including phenoxy) is 1.